The van der Waals surface area contributed by atoms with E-state index < -0.39 is 0 Å². The summed E-state index contributed by atoms with van der Waals surface area (Å²) in [5, 5.41) is 0. The third-order valence-electron chi connectivity index (χ3n) is 3.37. The van der Waals surface area contributed by atoms with Crippen LogP contribution in [0.5, 0.6) is 0 Å². The molecule has 1 aliphatic rings. The largest absolute Gasteiger partial charge is 0.468 e. The van der Waals surface area contributed by atoms with E-state index in [1.54, 1.807) is 6.26 Å². The molecule has 0 radical (unpaired) electrons. The lowest BCUT2D eigenvalue weighted by atomic mass is 10.1. The van der Waals surface area contributed by atoms with Crippen LogP contribution >= 0.6 is 0 Å². The lowest BCUT2D eigenvalue weighted by Crippen LogP contribution is -2.27. The molecule has 1 aromatic heterocycles. The fourth-order valence-electron chi connectivity index (χ4n) is 2.36. The molecule has 2 rings (SSSR count). The summed E-state index contributed by atoms with van der Waals surface area (Å²) in [6.07, 6.45) is 8.54. The fourth-order valence-corrected chi connectivity index (χ4v) is 2.36. The van der Waals surface area contributed by atoms with Crippen LogP contribution in [0.25, 0.3) is 0 Å². The van der Waals surface area contributed by atoms with E-state index in [9.17, 15) is 0 Å². The SMILES string of the molecule is NCc1ccoc1CN1CCCCCCC1. The number of nitrogens with zero attached hydrogens (tertiary/aromatic N) is 1. The van der Waals surface area contributed by atoms with Gasteiger partial charge in [0.1, 0.15) is 5.76 Å². The molecule has 16 heavy (non-hydrogen) atoms. The van der Waals surface area contributed by atoms with Crippen LogP contribution in [0.2, 0.25) is 0 Å². The number of furan rings is 1. The first-order valence-corrected chi connectivity index (χ1v) is 6.38. The molecule has 3 heteroatoms. The zero-order chi connectivity index (χ0) is 11.2. The predicted octanol–water partition coefficient (Wildman–Crippen LogP) is 2.50. The number of hydrogen-bond donors (Lipinski definition) is 1. The first-order valence-electron chi connectivity index (χ1n) is 6.38. The predicted molar refractivity (Wildman–Crippen MR) is 65.0 cm³/mol. The second-order valence-corrected chi connectivity index (χ2v) is 4.62. The van der Waals surface area contributed by atoms with Gasteiger partial charge in [0.05, 0.1) is 12.8 Å². The topological polar surface area (TPSA) is 42.4 Å². The highest BCUT2D eigenvalue weighted by Gasteiger charge is 2.12. The molecule has 2 N–H and O–H groups in total. The first-order chi connectivity index (χ1) is 7.90. The summed E-state index contributed by atoms with van der Waals surface area (Å²) in [5.41, 5.74) is 6.83. The summed E-state index contributed by atoms with van der Waals surface area (Å²) in [6, 6.07) is 1.99. The van der Waals surface area contributed by atoms with Crippen LogP contribution in [0, 0.1) is 0 Å². The zero-order valence-electron chi connectivity index (χ0n) is 9.95. The van der Waals surface area contributed by atoms with Gasteiger partial charge in [0, 0.05) is 12.1 Å². The molecule has 0 aromatic carbocycles. The van der Waals surface area contributed by atoms with Crippen molar-refractivity contribution < 1.29 is 4.42 Å². The van der Waals surface area contributed by atoms with Gasteiger partial charge >= 0.3 is 0 Å². The van der Waals surface area contributed by atoms with Crippen molar-refractivity contribution in [1.29, 1.82) is 0 Å². The van der Waals surface area contributed by atoms with Crippen molar-refractivity contribution >= 4 is 0 Å². The lowest BCUT2D eigenvalue weighted by molar-refractivity contribution is 0.221. The minimum Gasteiger partial charge on any atom is -0.468 e. The minimum absolute atomic E-state index is 0.583. The Balaban J connectivity index is 1.91. The van der Waals surface area contributed by atoms with Crippen LogP contribution in [-0.4, -0.2) is 18.0 Å². The Bertz CT molecular complexity index is 301. The maximum absolute atomic E-state index is 5.68. The maximum atomic E-state index is 5.68. The molecule has 2 heterocycles. The summed E-state index contributed by atoms with van der Waals surface area (Å²) in [4.78, 5) is 2.50. The third kappa shape index (κ3) is 3.09. The van der Waals surface area contributed by atoms with E-state index in [1.807, 2.05) is 6.07 Å². The summed E-state index contributed by atoms with van der Waals surface area (Å²) in [5.74, 6) is 1.06. The van der Waals surface area contributed by atoms with E-state index in [0.717, 1.165) is 17.9 Å². The summed E-state index contributed by atoms with van der Waals surface area (Å²) in [6.45, 7) is 3.91. The Morgan fingerprint density at radius 2 is 1.81 bits per heavy atom. The molecule has 0 saturated carbocycles. The summed E-state index contributed by atoms with van der Waals surface area (Å²) in [7, 11) is 0. The van der Waals surface area contributed by atoms with Crippen LogP contribution in [-0.2, 0) is 13.1 Å². The maximum Gasteiger partial charge on any atom is 0.122 e. The fraction of sp³-hybridized carbons (Fsp3) is 0.692. The second-order valence-electron chi connectivity index (χ2n) is 4.62. The van der Waals surface area contributed by atoms with Crippen LogP contribution in [0.3, 0.4) is 0 Å². The molecule has 1 fully saturated rings. The summed E-state index contributed by atoms with van der Waals surface area (Å²) >= 11 is 0. The van der Waals surface area contributed by atoms with Gasteiger partial charge in [-0.2, -0.15) is 0 Å². The standard InChI is InChI=1S/C13H22N2O/c14-10-12-6-9-16-13(12)11-15-7-4-2-1-3-5-8-15/h6,9H,1-5,7-8,10-11,14H2. The molecule has 90 valence electrons. The average molecular weight is 222 g/mol. The van der Waals surface area contributed by atoms with Crippen molar-refractivity contribution in [3.63, 3.8) is 0 Å². The second kappa shape index (κ2) is 6.06. The van der Waals surface area contributed by atoms with Gasteiger partial charge in [-0.25, -0.2) is 0 Å². The van der Waals surface area contributed by atoms with Crippen LogP contribution in [0.15, 0.2) is 16.7 Å². The van der Waals surface area contributed by atoms with Gasteiger partial charge < -0.3 is 10.2 Å². The molecular weight excluding hydrogens is 200 g/mol. The quantitative estimate of drug-likeness (QED) is 0.854. The molecule has 0 atom stereocenters. The average Bonchev–Trinajstić information content (AvgIpc) is 2.69. The number of likely N-dealkylation sites (tertiary alicyclic amines) is 1. The van der Waals surface area contributed by atoms with Gasteiger partial charge in [-0.1, -0.05) is 19.3 Å². The highest BCUT2D eigenvalue weighted by molar-refractivity contribution is 5.16. The van der Waals surface area contributed by atoms with E-state index in [1.165, 1.54) is 45.2 Å². The number of hydrogen-bond acceptors (Lipinski definition) is 3. The van der Waals surface area contributed by atoms with Crippen molar-refractivity contribution in [1.82, 2.24) is 4.90 Å². The van der Waals surface area contributed by atoms with Gasteiger partial charge in [-0.15, -0.1) is 0 Å². The van der Waals surface area contributed by atoms with Gasteiger partial charge in [0.25, 0.3) is 0 Å². The van der Waals surface area contributed by atoms with Crippen molar-refractivity contribution in [3.05, 3.63) is 23.7 Å². The molecule has 0 unspecified atom stereocenters. The first kappa shape index (κ1) is 11.7. The van der Waals surface area contributed by atoms with Gasteiger partial charge in [0.2, 0.25) is 0 Å². The Morgan fingerprint density at radius 3 is 2.50 bits per heavy atom. The lowest BCUT2D eigenvalue weighted by Gasteiger charge is -2.23. The molecule has 1 aromatic rings. The van der Waals surface area contributed by atoms with E-state index in [2.05, 4.69) is 4.90 Å². The minimum atomic E-state index is 0.583. The number of nitrogens with two attached hydrogens (primary N) is 1. The van der Waals surface area contributed by atoms with E-state index in [4.69, 9.17) is 10.2 Å². The van der Waals surface area contributed by atoms with Crippen molar-refractivity contribution in [3.8, 4) is 0 Å². The van der Waals surface area contributed by atoms with Gasteiger partial charge in [-0.3, -0.25) is 4.90 Å². The monoisotopic (exact) mass is 222 g/mol. The highest BCUT2D eigenvalue weighted by Crippen LogP contribution is 2.16. The molecule has 0 aliphatic carbocycles. The molecule has 1 aliphatic heterocycles. The molecule has 0 spiro atoms. The molecular formula is C13H22N2O. The summed E-state index contributed by atoms with van der Waals surface area (Å²) < 4.78 is 5.51. The molecule has 0 amide bonds. The van der Waals surface area contributed by atoms with Crippen molar-refractivity contribution in [2.45, 2.75) is 45.2 Å². The van der Waals surface area contributed by atoms with Crippen molar-refractivity contribution in [2.24, 2.45) is 5.73 Å². The van der Waals surface area contributed by atoms with E-state index in [0.29, 0.717) is 6.54 Å². The smallest absolute Gasteiger partial charge is 0.122 e. The Hall–Kier alpha value is -0.800. The Labute approximate surface area is 97.6 Å². The zero-order valence-corrected chi connectivity index (χ0v) is 9.95. The Kier molecular flexibility index (Phi) is 4.43. The van der Waals surface area contributed by atoms with Gasteiger partial charge in [0.15, 0.2) is 0 Å². The van der Waals surface area contributed by atoms with Crippen LogP contribution < -0.4 is 5.73 Å². The molecule has 0 bridgehead atoms. The molecule has 1 saturated heterocycles. The normalized spacial score (nSPS) is 19.3. The van der Waals surface area contributed by atoms with Crippen LogP contribution in [0.1, 0.15) is 43.4 Å². The van der Waals surface area contributed by atoms with E-state index >= 15 is 0 Å². The van der Waals surface area contributed by atoms with Gasteiger partial charge in [-0.05, 0) is 32.0 Å². The van der Waals surface area contributed by atoms with Crippen molar-refractivity contribution in [2.75, 3.05) is 13.1 Å². The van der Waals surface area contributed by atoms with E-state index in [-0.39, 0.29) is 0 Å². The highest BCUT2D eigenvalue weighted by atomic mass is 16.3. The van der Waals surface area contributed by atoms with Crippen LogP contribution in [0.4, 0.5) is 0 Å². The molecule has 3 nitrogen and oxygen atoms in total. The third-order valence-corrected chi connectivity index (χ3v) is 3.37. The number of rotatable bonds is 3. The Morgan fingerprint density at radius 1 is 1.12 bits per heavy atom.